The number of anilines is 2. The fourth-order valence-electron chi connectivity index (χ4n) is 3.62. The second-order valence-electron chi connectivity index (χ2n) is 7.23. The summed E-state index contributed by atoms with van der Waals surface area (Å²) in [6.45, 7) is 2.67. The van der Waals surface area contributed by atoms with E-state index < -0.39 is 0 Å². The van der Waals surface area contributed by atoms with Gasteiger partial charge in [0.15, 0.2) is 0 Å². The van der Waals surface area contributed by atoms with Crippen LogP contribution in [0.4, 0.5) is 11.4 Å². The van der Waals surface area contributed by atoms with Crippen molar-refractivity contribution in [2.24, 2.45) is 0 Å². The lowest BCUT2D eigenvalue weighted by Crippen LogP contribution is -2.35. The van der Waals surface area contributed by atoms with Gasteiger partial charge in [0.1, 0.15) is 0 Å². The Morgan fingerprint density at radius 3 is 2.52 bits per heavy atom. The molecule has 0 saturated heterocycles. The summed E-state index contributed by atoms with van der Waals surface area (Å²) in [5.41, 5.74) is 5.01. The Kier molecular flexibility index (Phi) is 5.49. The molecule has 1 heterocycles. The molecule has 2 amide bonds. The first-order valence-electron chi connectivity index (χ1n) is 9.59. The molecule has 0 saturated carbocycles. The third-order valence-electron chi connectivity index (χ3n) is 5.07. The minimum absolute atomic E-state index is 0.00159. The Bertz CT molecular complexity index is 1080. The quantitative estimate of drug-likeness (QED) is 0.566. The van der Waals surface area contributed by atoms with Crippen molar-refractivity contribution in [3.05, 3.63) is 93.5 Å². The van der Waals surface area contributed by atoms with Crippen molar-refractivity contribution < 1.29 is 9.59 Å². The number of nitrogens with one attached hydrogen (secondary N) is 1. The first kappa shape index (κ1) is 19.4. The minimum Gasteiger partial charge on any atom is -0.322 e. The highest BCUT2D eigenvalue weighted by Gasteiger charge is 2.24. The fraction of sp³-hybridized carbons (Fsp3) is 0.167. The van der Waals surface area contributed by atoms with Crippen LogP contribution >= 0.6 is 15.9 Å². The molecule has 4 rings (SSSR count). The zero-order chi connectivity index (χ0) is 20.4. The molecule has 0 aliphatic carbocycles. The van der Waals surface area contributed by atoms with Crippen LogP contribution in [0.15, 0.2) is 71.2 Å². The number of carbonyl (C=O) groups excluding carboxylic acids is 2. The van der Waals surface area contributed by atoms with Crippen molar-refractivity contribution in [3.8, 4) is 0 Å². The molecule has 29 heavy (non-hydrogen) atoms. The van der Waals surface area contributed by atoms with Gasteiger partial charge in [-0.2, -0.15) is 0 Å². The maximum Gasteiger partial charge on any atom is 0.258 e. The van der Waals surface area contributed by atoms with Crippen LogP contribution in [0.1, 0.15) is 38.3 Å². The Morgan fingerprint density at radius 1 is 0.966 bits per heavy atom. The molecule has 3 aromatic carbocycles. The molecule has 0 radical (unpaired) electrons. The van der Waals surface area contributed by atoms with Crippen LogP contribution in [-0.4, -0.2) is 18.4 Å². The molecular formula is C24H21BrN2O2. The molecule has 1 aliphatic heterocycles. The van der Waals surface area contributed by atoms with Gasteiger partial charge < -0.3 is 10.2 Å². The third kappa shape index (κ3) is 4.25. The number of rotatable bonds is 3. The summed E-state index contributed by atoms with van der Waals surface area (Å²) >= 11 is 3.39. The number of aryl methyl sites for hydroxylation is 2. The van der Waals surface area contributed by atoms with Gasteiger partial charge in [-0.15, -0.1) is 0 Å². The molecule has 3 aromatic rings. The minimum atomic E-state index is -0.155. The summed E-state index contributed by atoms with van der Waals surface area (Å²) < 4.78 is 0.961. The topological polar surface area (TPSA) is 49.4 Å². The van der Waals surface area contributed by atoms with E-state index in [9.17, 15) is 9.59 Å². The summed E-state index contributed by atoms with van der Waals surface area (Å²) in [6, 6.07) is 20.7. The van der Waals surface area contributed by atoms with E-state index in [0.717, 1.165) is 39.8 Å². The highest BCUT2D eigenvalue weighted by molar-refractivity contribution is 9.10. The smallest absolute Gasteiger partial charge is 0.258 e. The van der Waals surface area contributed by atoms with Crippen molar-refractivity contribution in [3.63, 3.8) is 0 Å². The van der Waals surface area contributed by atoms with Crippen LogP contribution in [0.2, 0.25) is 0 Å². The Hall–Kier alpha value is -2.92. The van der Waals surface area contributed by atoms with Gasteiger partial charge in [-0.3, -0.25) is 9.59 Å². The summed E-state index contributed by atoms with van der Waals surface area (Å²) in [6.07, 6.45) is 1.73. The fourth-order valence-corrected chi connectivity index (χ4v) is 3.88. The van der Waals surface area contributed by atoms with E-state index in [4.69, 9.17) is 0 Å². The van der Waals surface area contributed by atoms with E-state index in [1.807, 2.05) is 72.5 Å². The number of nitrogens with zero attached hydrogens (tertiary/aromatic N) is 1. The van der Waals surface area contributed by atoms with Crippen LogP contribution in [0.25, 0.3) is 0 Å². The summed E-state index contributed by atoms with van der Waals surface area (Å²) in [5, 5.41) is 2.92. The number of benzene rings is 3. The molecule has 1 N–H and O–H groups in total. The average Bonchev–Trinajstić information content (AvgIpc) is 2.74. The van der Waals surface area contributed by atoms with Gasteiger partial charge in [-0.1, -0.05) is 33.6 Å². The van der Waals surface area contributed by atoms with Crippen molar-refractivity contribution in [2.75, 3.05) is 16.8 Å². The second-order valence-corrected chi connectivity index (χ2v) is 8.15. The molecule has 4 nitrogen and oxygen atoms in total. The Balaban J connectivity index is 1.57. The third-order valence-corrected chi connectivity index (χ3v) is 5.60. The second kappa shape index (κ2) is 8.21. The molecule has 0 atom stereocenters. The molecular weight excluding hydrogens is 428 g/mol. The maximum absolute atomic E-state index is 13.0. The van der Waals surface area contributed by atoms with Gasteiger partial charge >= 0.3 is 0 Å². The van der Waals surface area contributed by atoms with E-state index >= 15 is 0 Å². The standard InChI is InChI=1S/C24H21BrN2O2/c1-16-4-2-5-19(14-16)24(29)27-13-3-6-17-15-18(7-12-22(17)27)23(28)26-21-10-8-20(25)9-11-21/h2,4-5,7-12,14-15H,3,6,13H2,1H3,(H,26,28). The van der Waals surface area contributed by atoms with E-state index in [1.165, 1.54) is 0 Å². The number of fused-ring (bicyclic) bond motifs is 1. The number of hydrogen-bond acceptors (Lipinski definition) is 2. The summed E-state index contributed by atoms with van der Waals surface area (Å²) in [5.74, 6) is -0.154. The predicted octanol–water partition coefficient (Wildman–Crippen LogP) is 5.60. The highest BCUT2D eigenvalue weighted by Crippen LogP contribution is 2.30. The maximum atomic E-state index is 13.0. The van der Waals surface area contributed by atoms with Gasteiger partial charge in [0.05, 0.1) is 0 Å². The molecule has 0 unspecified atom stereocenters. The molecule has 5 heteroatoms. The van der Waals surface area contributed by atoms with E-state index in [0.29, 0.717) is 17.7 Å². The average molecular weight is 449 g/mol. The summed E-state index contributed by atoms with van der Waals surface area (Å²) in [4.78, 5) is 27.5. The molecule has 1 aliphatic rings. The van der Waals surface area contributed by atoms with Gasteiger partial charge in [-0.25, -0.2) is 0 Å². The van der Waals surface area contributed by atoms with Crippen LogP contribution in [-0.2, 0) is 6.42 Å². The number of carbonyl (C=O) groups is 2. The lowest BCUT2D eigenvalue weighted by molar-refractivity contribution is 0.0984. The number of halogens is 1. The van der Waals surface area contributed by atoms with Crippen molar-refractivity contribution in [2.45, 2.75) is 19.8 Å². The number of hydrogen-bond donors (Lipinski definition) is 1. The van der Waals surface area contributed by atoms with Crippen LogP contribution in [0.3, 0.4) is 0 Å². The van der Waals surface area contributed by atoms with E-state index in [2.05, 4.69) is 21.2 Å². The van der Waals surface area contributed by atoms with Crippen molar-refractivity contribution >= 4 is 39.1 Å². The molecule has 0 bridgehead atoms. The molecule has 0 aromatic heterocycles. The Morgan fingerprint density at radius 2 is 1.76 bits per heavy atom. The molecule has 0 fully saturated rings. The van der Waals surface area contributed by atoms with Crippen LogP contribution in [0.5, 0.6) is 0 Å². The first-order chi connectivity index (χ1) is 14.0. The highest BCUT2D eigenvalue weighted by atomic mass is 79.9. The van der Waals surface area contributed by atoms with Gasteiger partial charge in [0, 0.05) is 33.5 Å². The van der Waals surface area contributed by atoms with Crippen LogP contribution in [0, 0.1) is 6.92 Å². The normalized spacial score (nSPS) is 13.0. The molecule has 0 spiro atoms. The van der Waals surface area contributed by atoms with Gasteiger partial charge in [-0.05, 0) is 79.9 Å². The largest absolute Gasteiger partial charge is 0.322 e. The van der Waals surface area contributed by atoms with E-state index in [1.54, 1.807) is 6.07 Å². The first-order valence-corrected chi connectivity index (χ1v) is 10.4. The molecule has 146 valence electrons. The van der Waals surface area contributed by atoms with Crippen LogP contribution < -0.4 is 10.2 Å². The number of amides is 2. The Labute approximate surface area is 178 Å². The monoisotopic (exact) mass is 448 g/mol. The summed E-state index contributed by atoms with van der Waals surface area (Å²) in [7, 11) is 0. The SMILES string of the molecule is Cc1cccc(C(=O)N2CCCc3cc(C(=O)Nc4ccc(Br)cc4)ccc32)c1. The van der Waals surface area contributed by atoms with Gasteiger partial charge in [0.2, 0.25) is 0 Å². The van der Waals surface area contributed by atoms with Gasteiger partial charge in [0.25, 0.3) is 11.8 Å². The van der Waals surface area contributed by atoms with Crippen molar-refractivity contribution in [1.29, 1.82) is 0 Å². The lowest BCUT2D eigenvalue weighted by atomic mass is 9.98. The lowest BCUT2D eigenvalue weighted by Gasteiger charge is -2.30. The van der Waals surface area contributed by atoms with E-state index in [-0.39, 0.29) is 11.8 Å². The van der Waals surface area contributed by atoms with Crippen molar-refractivity contribution in [1.82, 2.24) is 0 Å². The predicted molar refractivity (Wildman–Crippen MR) is 120 cm³/mol. The zero-order valence-electron chi connectivity index (χ0n) is 16.1. The zero-order valence-corrected chi connectivity index (χ0v) is 17.7.